The Morgan fingerprint density at radius 2 is 2.08 bits per heavy atom. The highest BCUT2D eigenvalue weighted by molar-refractivity contribution is 6.30. The molecule has 0 spiro atoms. The molecule has 3 rings (SSSR count). The molecule has 1 saturated heterocycles. The summed E-state index contributed by atoms with van der Waals surface area (Å²) in [6.07, 6.45) is 1.47. The van der Waals surface area contributed by atoms with Crippen molar-refractivity contribution in [2.45, 2.75) is 31.7 Å². The van der Waals surface area contributed by atoms with Crippen LogP contribution in [0.15, 0.2) is 18.2 Å². The van der Waals surface area contributed by atoms with E-state index in [4.69, 9.17) is 16.7 Å². The van der Waals surface area contributed by atoms with Gasteiger partial charge >= 0.3 is 5.97 Å². The van der Waals surface area contributed by atoms with Gasteiger partial charge in [0.2, 0.25) is 11.8 Å². The highest BCUT2D eigenvalue weighted by Gasteiger charge is 2.38. The molecule has 2 aliphatic rings. The van der Waals surface area contributed by atoms with Crippen LogP contribution in [-0.4, -0.2) is 35.5 Å². The molecule has 1 aromatic carbocycles. The summed E-state index contributed by atoms with van der Waals surface area (Å²) in [5, 5.41) is 11.6. The highest BCUT2D eigenvalue weighted by Crippen LogP contribution is 2.32. The number of nitrogens with zero attached hydrogens (tertiary/aromatic N) is 1. The van der Waals surface area contributed by atoms with Gasteiger partial charge in [0.15, 0.2) is 0 Å². The Bertz CT molecular complexity index is 721. The van der Waals surface area contributed by atoms with Gasteiger partial charge in [0.25, 0.3) is 0 Å². The van der Waals surface area contributed by atoms with Gasteiger partial charge < -0.3 is 15.3 Å². The third kappa shape index (κ3) is 3.92. The van der Waals surface area contributed by atoms with Gasteiger partial charge in [0.05, 0.1) is 10.9 Å². The number of rotatable bonds is 5. The molecule has 1 aromatic rings. The molecule has 0 aromatic heterocycles. The molecule has 25 heavy (non-hydrogen) atoms. The minimum absolute atomic E-state index is 0.0226. The van der Waals surface area contributed by atoms with E-state index in [2.05, 4.69) is 5.32 Å². The molecular formula is C17H18ClFN2O4. The number of carboxylic acids is 1. The fraction of sp³-hybridized carbons (Fsp3) is 0.471. The smallest absolute Gasteiger partial charge is 0.303 e. The maximum atomic E-state index is 13.6. The lowest BCUT2D eigenvalue weighted by Crippen LogP contribution is -2.47. The SMILES string of the molecule is O=C(O)CC1CC(NC(=O)C2CC(=O)N(c3ccc(Cl)c(F)c3)C2)C1. The van der Waals surface area contributed by atoms with E-state index < -0.39 is 17.7 Å². The Kier molecular flexibility index (Phi) is 4.94. The van der Waals surface area contributed by atoms with Crippen molar-refractivity contribution in [3.8, 4) is 0 Å². The molecule has 0 radical (unpaired) electrons. The van der Waals surface area contributed by atoms with Crippen LogP contribution < -0.4 is 10.2 Å². The molecular weight excluding hydrogens is 351 g/mol. The van der Waals surface area contributed by atoms with Crippen molar-refractivity contribution in [3.63, 3.8) is 0 Å². The van der Waals surface area contributed by atoms with Gasteiger partial charge in [0.1, 0.15) is 5.82 Å². The van der Waals surface area contributed by atoms with Crippen molar-refractivity contribution >= 4 is 35.1 Å². The van der Waals surface area contributed by atoms with Crippen LogP contribution >= 0.6 is 11.6 Å². The number of nitrogens with one attached hydrogen (secondary N) is 1. The summed E-state index contributed by atoms with van der Waals surface area (Å²) in [7, 11) is 0. The van der Waals surface area contributed by atoms with Gasteiger partial charge in [-0.25, -0.2) is 4.39 Å². The van der Waals surface area contributed by atoms with Crippen molar-refractivity contribution in [1.29, 1.82) is 0 Å². The van der Waals surface area contributed by atoms with Gasteiger partial charge in [0, 0.05) is 31.1 Å². The summed E-state index contributed by atoms with van der Waals surface area (Å²) in [5.41, 5.74) is 0.382. The van der Waals surface area contributed by atoms with Gasteiger partial charge in [-0.3, -0.25) is 14.4 Å². The number of aliphatic carboxylic acids is 1. The zero-order valence-corrected chi connectivity index (χ0v) is 14.1. The van der Waals surface area contributed by atoms with Crippen LogP contribution in [0.25, 0.3) is 0 Å². The third-order valence-corrected chi connectivity index (χ3v) is 5.06. The normalized spacial score (nSPS) is 25.6. The van der Waals surface area contributed by atoms with Gasteiger partial charge in [-0.05, 0) is 37.0 Å². The van der Waals surface area contributed by atoms with Crippen LogP contribution in [0.1, 0.15) is 25.7 Å². The first-order valence-electron chi connectivity index (χ1n) is 8.11. The fourth-order valence-electron chi connectivity index (χ4n) is 3.37. The number of hydrogen-bond donors (Lipinski definition) is 2. The minimum atomic E-state index is -0.831. The largest absolute Gasteiger partial charge is 0.481 e. The van der Waals surface area contributed by atoms with Gasteiger partial charge in [-0.15, -0.1) is 0 Å². The molecule has 1 unspecified atom stereocenters. The first-order chi connectivity index (χ1) is 11.8. The number of amides is 2. The lowest BCUT2D eigenvalue weighted by Gasteiger charge is -2.35. The van der Waals surface area contributed by atoms with E-state index in [0.29, 0.717) is 18.5 Å². The molecule has 0 bridgehead atoms. The van der Waals surface area contributed by atoms with E-state index in [9.17, 15) is 18.8 Å². The lowest BCUT2D eigenvalue weighted by molar-refractivity contribution is -0.139. The molecule has 1 heterocycles. The molecule has 2 amide bonds. The zero-order valence-electron chi connectivity index (χ0n) is 13.4. The van der Waals surface area contributed by atoms with Crippen LogP contribution in [0.5, 0.6) is 0 Å². The Morgan fingerprint density at radius 1 is 1.36 bits per heavy atom. The number of carbonyl (C=O) groups excluding carboxylic acids is 2. The van der Waals surface area contributed by atoms with Gasteiger partial charge in [-0.1, -0.05) is 11.6 Å². The zero-order chi connectivity index (χ0) is 18.1. The number of carbonyl (C=O) groups is 3. The fourth-order valence-corrected chi connectivity index (χ4v) is 3.49. The maximum Gasteiger partial charge on any atom is 0.303 e. The van der Waals surface area contributed by atoms with Crippen LogP contribution in [0.4, 0.5) is 10.1 Å². The number of benzene rings is 1. The van der Waals surface area contributed by atoms with Crippen molar-refractivity contribution in [1.82, 2.24) is 5.32 Å². The lowest BCUT2D eigenvalue weighted by atomic mass is 9.78. The van der Waals surface area contributed by atoms with Crippen LogP contribution in [0.3, 0.4) is 0 Å². The first kappa shape index (κ1) is 17.7. The van der Waals surface area contributed by atoms with E-state index >= 15 is 0 Å². The predicted octanol–water partition coefficient (Wildman–Crippen LogP) is 2.20. The average molecular weight is 369 g/mol. The third-order valence-electron chi connectivity index (χ3n) is 4.76. The van der Waals surface area contributed by atoms with Crippen molar-refractivity contribution in [2.75, 3.05) is 11.4 Å². The second kappa shape index (κ2) is 7.00. The average Bonchev–Trinajstić information content (AvgIpc) is 2.89. The molecule has 2 N–H and O–H groups in total. The Balaban J connectivity index is 1.54. The number of halogens is 2. The van der Waals surface area contributed by atoms with E-state index in [-0.39, 0.29) is 48.2 Å². The van der Waals surface area contributed by atoms with Crippen molar-refractivity contribution < 1.29 is 23.9 Å². The van der Waals surface area contributed by atoms with E-state index in [1.54, 1.807) is 6.07 Å². The summed E-state index contributed by atoms with van der Waals surface area (Å²) >= 11 is 5.65. The second-order valence-electron chi connectivity index (χ2n) is 6.64. The monoisotopic (exact) mass is 368 g/mol. The summed E-state index contributed by atoms with van der Waals surface area (Å²) < 4.78 is 13.6. The quantitative estimate of drug-likeness (QED) is 0.834. The summed E-state index contributed by atoms with van der Waals surface area (Å²) in [6, 6.07) is 4.08. The Hall–Kier alpha value is -2.15. The number of anilines is 1. The number of carboxylic acid groups (broad SMARTS) is 1. The van der Waals surface area contributed by atoms with Crippen LogP contribution in [0, 0.1) is 17.7 Å². The highest BCUT2D eigenvalue weighted by atomic mass is 35.5. The molecule has 1 saturated carbocycles. The van der Waals surface area contributed by atoms with Crippen molar-refractivity contribution in [3.05, 3.63) is 29.0 Å². The molecule has 1 aliphatic carbocycles. The number of hydrogen-bond acceptors (Lipinski definition) is 3. The second-order valence-corrected chi connectivity index (χ2v) is 7.05. The summed E-state index contributed by atoms with van der Waals surface area (Å²) in [5.74, 6) is -2.30. The Morgan fingerprint density at radius 3 is 2.72 bits per heavy atom. The molecule has 134 valence electrons. The topological polar surface area (TPSA) is 86.7 Å². The summed E-state index contributed by atoms with van der Waals surface area (Å²) in [6.45, 7) is 0.191. The molecule has 6 nitrogen and oxygen atoms in total. The minimum Gasteiger partial charge on any atom is -0.481 e. The Labute approximate surface area is 148 Å². The van der Waals surface area contributed by atoms with Gasteiger partial charge in [-0.2, -0.15) is 0 Å². The van der Waals surface area contributed by atoms with E-state index in [0.717, 1.165) is 0 Å². The molecule has 2 fully saturated rings. The maximum absolute atomic E-state index is 13.6. The molecule has 1 atom stereocenters. The van der Waals surface area contributed by atoms with Crippen LogP contribution in [0.2, 0.25) is 5.02 Å². The molecule has 1 aliphatic heterocycles. The van der Waals surface area contributed by atoms with E-state index in [1.807, 2.05) is 0 Å². The first-order valence-corrected chi connectivity index (χ1v) is 8.49. The van der Waals surface area contributed by atoms with Crippen molar-refractivity contribution in [2.24, 2.45) is 11.8 Å². The predicted molar refractivity (Wildman–Crippen MR) is 88.8 cm³/mol. The summed E-state index contributed by atoms with van der Waals surface area (Å²) in [4.78, 5) is 36.5. The van der Waals surface area contributed by atoms with E-state index in [1.165, 1.54) is 17.0 Å². The van der Waals surface area contributed by atoms with Crippen LogP contribution in [-0.2, 0) is 14.4 Å². The standard InChI is InChI=1S/C17H18ClFN2O4/c18-13-2-1-12(7-14(13)19)21-8-10(6-15(21)22)17(25)20-11-3-9(4-11)5-16(23)24/h1-2,7,9-11H,3-6,8H2,(H,20,25)(H,23,24). The molecule has 8 heteroatoms.